The van der Waals surface area contributed by atoms with Gasteiger partial charge in [0.1, 0.15) is 0 Å². The van der Waals surface area contributed by atoms with E-state index in [1.807, 2.05) is 6.92 Å². The molecule has 0 unspecified atom stereocenters. The standard InChI is InChI=1S/C11H24N2O/c1-8-7-13(4)9(2)5-11(8)12-6-10(3)14/h8-12,14H,5-7H2,1-4H3/t8-,9+,10-,11+/m0/s1. The van der Waals surface area contributed by atoms with Crippen molar-refractivity contribution < 1.29 is 5.11 Å². The topological polar surface area (TPSA) is 35.5 Å². The quantitative estimate of drug-likeness (QED) is 0.703. The van der Waals surface area contributed by atoms with Crippen LogP contribution in [0.1, 0.15) is 27.2 Å². The summed E-state index contributed by atoms with van der Waals surface area (Å²) in [5.74, 6) is 0.676. The lowest BCUT2D eigenvalue weighted by atomic mass is 9.90. The van der Waals surface area contributed by atoms with E-state index in [1.54, 1.807) is 0 Å². The minimum absolute atomic E-state index is 0.239. The molecule has 0 aromatic heterocycles. The molecular formula is C11H24N2O. The van der Waals surface area contributed by atoms with Crippen molar-refractivity contribution in [3.8, 4) is 0 Å². The zero-order chi connectivity index (χ0) is 10.7. The Bertz CT molecular complexity index is 173. The second-order valence-electron chi connectivity index (χ2n) is 4.87. The van der Waals surface area contributed by atoms with Gasteiger partial charge < -0.3 is 15.3 Å². The summed E-state index contributed by atoms with van der Waals surface area (Å²) >= 11 is 0. The first kappa shape index (κ1) is 12.0. The van der Waals surface area contributed by atoms with Gasteiger partial charge in [-0.1, -0.05) is 6.92 Å². The molecule has 0 aromatic carbocycles. The van der Waals surface area contributed by atoms with Crippen molar-refractivity contribution in [1.82, 2.24) is 10.2 Å². The zero-order valence-electron chi connectivity index (χ0n) is 9.83. The maximum atomic E-state index is 9.21. The maximum Gasteiger partial charge on any atom is 0.0636 e. The molecule has 84 valence electrons. The monoisotopic (exact) mass is 200 g/mol. The van der Waals surface area contributed by atoms with Crippen LogP contribution in [-0.4, -0.2) is 48.3 Å². The molecule has 1 aliphatic rings. The Morgan fingerprint density at radius 1 is 1.50 bits per heavy atom. The minimum Gasteiger partial charge on any atom is -0.392 e. The predicted molar refractivity (Wildman–Crippen MR) is 59.3 cm³/mol. The summed E-state index contributed by atoms with van der Waals surface area (Å²) in [6.45, 7) is 8.24. The molecule has 0 aliphatic carbocycles. The van der Waals surface area contributed by atoms with Crippen LogP contribution in [0.3, 0.4) is 0 Å². The molecule has 1 aliphatic heterocycles. The van der Waals surface area contributed by atoms with Gasteiger partial charge in [0.15, 0.2) is 0 Å². The van der Waals surface area contributed by atoms with Crippen LogP contribution in [0.2, 0.25) is 0 Å². The fourth-order valence-corrected chi connectivity index (χ4v) is 2.15. The van der Waals surface area contributed by atoms with Crippen molar-refractivity contribution in [1.29, 1.82) is 0 Å². The van der Waals surface area contributed by atoms with Gasteiger partial charge in [0, 0.05) is 25.2 Å². The molecule has 3 nitrogen and oxygen atoms in total. The number of piperidine rings is 1. The number of aliphatic hydroxyl groups excluding tert-OH is 1. The number of nitrogens with one attached hydrogen (secondary N) is 1. The van der Waals surface area contributed by atoms with Crippen molar-refractivity contribution >= 4 is 0 Å². The average Bonchev–Trinajstić information content (AvgIpc) is 2.09. The van der Waals surface area contributed by atoms with Crippen molar-refractivity contribution in [2.45, 2.75) is 45.4 Å². The zero-order valence-corrected chi connectivity index (χ0v) is 9.83. The molecule has 0 spiro atoms. The molecule has 0 aromatic rings. The smallest absolute Gasteiger partial charge is 0.0636 e. The molecule has 3 heteroatoms. The second kappa shape index (κ2) is 5.10. The van der Waals surface area contributed by atoms with Gasteiger partial charge in [-0.05, 0) is 33.2 Å². The van der Waals surface area contributed by atoms with Crippen molar-refractivity contribution in [2.24, 2.45) is 5.92 Å². The molecule has 1 fully saturated rings. The third kappa shape index (κ3) is 3.23. The molecule has 1 heterocycles. The van der Waals surface area contributed by atoms with Gasteiger partial charge in [-0.2, -0.15) is 0 Å². The van der Waals surface area contributed by atoms with Gasteiger partial charge in [-0.25, -0.2) is 0 Å². The van der Waals surface area contributed by atoms with Gasteiger partial charge in [0.2, 0.25) is 0 Å². The largest absolute Gasteiger partial charge is 0.392 e. The molecule has 0 saturated carbocycles. The van der Waals surface area contributed by atoms with E-state index in [0.717, 1.165) is 6.54 Å². The first-order chi connectivity index (χ1) is 6.50. The Morgan fingerprint density at radius 2 is 2.14 bits per heavy atom. The lowest BCUT2D eigenvalue weighted by Gasteiger charge is -2.40. The highest BCUT2D eigenvalue weighted by Crippen LogP contribution is 2.20. The lowest BCUT2D eigenvalue weighted by molar-refractivity contribution is 0.109. The van der Waals surface area contributed by atoms with Crippen LogP contribution in [0.25, 0.3) is 0 Å². The SMILES string of the molecule is C[C@H](O)CN[C@@H]1C[C@@H](C)N(C)C[C@@H]1C. The van der Waals surface area contributed by atoms with Crippen LogP contribution in [-0.2, 0) is 0 Å². The molecule has 14 heavy (non-hydrogen) atoms. The van der Waals surface area contributed by atoms with Crippen molar-refractivity contribution in [3.63, 3.8) is 0 Å². The molecule has 2 N–H and O–H groups in total. The summed E-state index contributed by atoms with van der Waals surface area (Å²) in [5.41, 5.74) is 0. The van der Waals surface area contributed by atoms with Crippen LogP contribution >= 0.6 is 0 Å². The van der Waals surface area contributed by atoms with E-state index >= 15 is 0 Å². The van der Waals surface area contributed by atoms with Crippen LogP contribution < -0.4 is 5.32 Å². The molecule has 1 saturated heterocycles. The number of hydrogen-bond donors (Lipinski definition) is 2. The van der Waals surface area contributed by atoms with E-state index < -0.39 is 0 Å². The number of nitrogens with zero attached hydrogens (tertiary/aromatic N) is 1. The van der Waals surface area contributed by atoms with Gasteiger partial charge in [0.05, 0.1) is 6.10 Å². The second-order valence-corrected chi connectivity index (χ2v) is 4.87. The Balaban J connectivity index is 2.37. The van der Waals surface area contributed by atoms with Gasteiger partial charge in [0.25, 0.3) is 0 Å². The van der Waals surface area contributed by atoms with E-state index in [0.29, 0.717) is 24.5 Å². The molecule has 1 rings (SSSR count). The van der Waals surface area contributed by atoms with Crippen molar-refractivity contribution in [3.05, 3.63) is 0 Å². The van der Waals surface area contributed by atoms with E-state index in [4.69, 9.17) is 0 Å². The van der Waals surface area contributed by atoms with Crippen LogP contribution in [0.4, 0.5) is 0 Å². The predicted octanol–water partition coefficient (Wildman–Crippen LogP) is 0.686. The highest BCUT2D eigenvalue weighted by molar-refractivity contribution is 4.86. The lowest BCUT2D eigenvalue weighted by Crippen LogP contribution is -2.51. The first-order valence-electron chi connectivity index (χ1n) is 5.62. The highest BCUT2D eigenvalue weighted by Gasteiger charge is 2.28. The molecule has 0 amide bonds. The molecule has 4 atom stereocenters. The van der Waals surface area contributed by atoms with Gasteiger partial charge >= 0.3 is 0 Å². The number of hydrogen-bond acceptors (Lipinski definition) is 3. The molecule has 0 radical (unpaired) electrons. The van der Waals surface area contributed by atoms with Gasteiger partial charge in [-0.15, -0.1) is 0 Å². The normalized spacial score (nSPS) is 37.1. The number of likely N-dealkylation sites (tertiary alicyclic amines) is 1. The number of aliphatic hydroxyl groups is 1. The molecule has 0 bridgehead atoms. The fourth-order valence-electron chi connectivity index (χ4n) is 2.15. The first-order valence-corrected chi connectivity index (χ1v) is 5.62. The summed E-state index contributed by atoms with van der Waals surface area (Å²) < 4.78 is 0. The maximum absolute atomic E-state index is 9.21. The van der Waals surface area contributed by atoms with Crippen LogP contribution in [0, 0.1) is 5.92 Å². The summed E-state index contributed by atoms with van der Waals surface area (Å²) in [5, 5.41) is 12.7. The summed E-state index contributed by atoms with van der Waals surface area (Å²) in [4.78, 5) is 2.41. The third-order valence-electron chi connectivity index (χ3n) is 3.29. The summed E-state index contributed by atoms with van der Waals surface area (Å²) in [6, 6.07) is 1.22. The Labute approximate surface area is 87.5 Å². The Kier molecular flexibility index (Phi) is 4.35. The van der Waals surface area contributed by atoms with Gasteiger partial charge in [-0.3, -0.25) is 0 Å². The fraction of sp³-hybridized carbons (Fsp3) is 1.00. The number of rotatable bonds is 3. The van der Waals surface area contributed by atoms with Crippen molar-refractivity contribution in [2.75, 3.05) is 20.1 Å². The Hall–Kier alpha value is -0.120. The summed E-state index contributed by atoms with van der Waals surface area (Å²) in [7, 11) is 2.19. The van der Waals surface area contributed by atoms with Crippen LogP contribution in [0.5, 0.6) is 0 Å². The highest BCUT2D eigenvalue weighted by atomic mass is 16.3. The average molecular weight is 200 g/mol. The van der Waals surface area contributed by atoms with E-state index in [2.05, 4.69) is 31.1 Å². The Morgan fingerprint density at radius 3 is 2.71 bits per heavy atom. The third-order valence-corrected chi connectivity index (χ3v) is 3.29. The van der Waals surface area contributed by atoms with Crippen LogP contribution in [0.15, 0.2) is 0 Å². The van der Waals surface area contributed by atoms with E-state index in [9.17, 15) is 5.11 Å². The summed E-state index contributed by atoms with van der Waals surface area (Å²) in [6.07, 6.45) is 0.946. The van der Waals surface area contributed by atoms with E-state index in [-0.39, 0.29) is 6.10 Å². The minimum atomic E-state index is -0.239. The van der Waals surface area contributed by atoms with E-state index in [1.165, 1.54) is 6.42 Å². The molecular weight excluding hydrogens is 176 g/mol.